The van der Waals surface area contributed by atoms with E-state index in [1.165, 1.54) is 52.1 Å². The first kappa shape index (κ1) is 18.6. The van der Waals surface area contributed by atoms with Gasteiger partial charge in [-0.1, -0.05) is 0 Å². The summed E-state index contributed by atoms with van der Waals surface area (Å²) in [5.41, 5.74) is 0.335. The molecule has 4 nitrogen and oxygen atoms in total. The highest BCUT2D eigenvalue weighted by Gasteiger charge is 2.46. The van der Waals surface area contributed by atoms with Crippen molar-refractivity contribution in [3.8, 4) is 0 Å². The number of piperidine rings is 1. The molecule has 2 atom stereocenters. The first-order chi connectivity index (χ1) is 11.1. The van der Waals surface area contributed by atoms with Crippen molar-refractivity contribution in [2.45, 2.75) is 84.0 Å². The van der Waals surface area contributed by atoms with E-state index in [9.17, 15) is 0 Å². The van der Waals surface area contributed by atoms with Crippen LogP contribution in [0.5, 0.6) is 0 Å². The Labute approximate surface area is 149 Å². The number of nitrogens with zero attached hydrogens (tertiary/aromatic N) is 3. The Morgan fingerprint density at radius 3 is 2.08 bits per heavy atom. The Balaban J connectivity index is 1.39. The minimum Gasteiger partial charge on any atom is -0.376 e. The lowest BCUT2D eigenvalue weighted by Gasteiger charge is -2.44. The molecule has 0 radical (unpaired) electrons. The lowest BCUT2D eigenvalue weighted by atomic mass is 9.97. The molecule has 0 saturated carbocycles. The Morgan fingerprint density at radius 2 is 1.58 bits per heavy atom. The summed E-state index contributed by atoms with van der Waals surface area (Å²) in [4.78, 5) is 8.15. The average molecular weight is 338 g/mol. The largest absolute Gasteiger partial charge is 0.376 e. The monoisotopic (exact) mass is 337 g/mol. The summed E-state index contributed by atoms with van der Waals surface area (Å²) < 4.78 is 5.99. The van der Waals surface area contributed by atoms with Crippen molar-refractivity contribution in [1.29, 1.82) is 0 Å². The zero-order valence-corrected chi connectivity index (χ0v) is 16.8. The van der Waals surface area contributed by atoms with Gasteiger partial charge in [-0.3, -0.25) is 14.7 Å². The fourth-order valence-electron chi connectivity index (χ4n) is 4.66. The zero-order chi connectivity index (χ0) is 17.5. The summed E-state index contributed by atoms with van der Waals surface area (Å²) in [6.07, 6.45) is 3.98. The molecule has 0 N–H and O–H groups in total. The van der Waals surface area contributed by atoms with E-state index >= 15 is 0 Å². The maximum Gasteiger partial charge on any atom is 0.0598 e. The minimum atomic E-state index is 0.00481. The molecule has 3 aliphatic heterocycles. The summed E-state index contributed by atoms with van der Waals surface area (Å²) in [6, 6.07) is 1.57. The molecule has 0 aromatic heterocycles. The number of hydrogen-bond acceptors (Lipinski definition) is 4. The van der Waals surface area contributed by atoms with Crippen molar-refractivity contribution in [1.82, 2.24) is 14.7 Å². The Kier molecular flexibility index (Phi) is 5.33. The molecule has 0 aromatic rings. The molecule has 3 aliphatic rings. The van der Waals surface area contributed by atoms with Gasteiger partial charge in [0.15, 0.2) is 0 Å². The summed E-state index contributed by atoms with van der Waals surface area (Å²) in [5, 5.41) is 0. The lowest BCUT2D eigenvalue weighted by molar-refractivity contribution is -0.0375. The number of likely N-dealkylation sites (tertiary alicyclic amines) is 3. The van der Waals surface area contributed by atoms with Crippen LogP contribution >= 0.6 is 0 Å². The summed E-state index contributed by atoms with van der Waals surface area (Å²) in [6.45, 7) is 20.7. The topological polar surface area (TPSA) is 19.0 Å². The second kappa shape index (κ2) is 6.86. The van der Waals surface area contributed by atoms with Gasteiger partial charge in [-0.15, -0.1) is 0 Å². The molecule has 4 heteroatoms. The number of ether oxygens (including phenoxy) is 1. The zero-order valence-electron chi connectivity index (χ0n) is 16.8. The van der Waals surface area contributed by atoms with Crippen LogP contribution < -0.4 is 0 Å². The Hall–Kier alpha value is -0.160. The van der Waals surface area contributed by atoms with Crippen LogP contribution in [0.4, 0.5) is 0 Å². The SMILES string of the molecule is CC(C)(C)OCC1CCN(CN2C[C@H]3C[C@@H]2CN3C(C)(C)C)CC1. The molecule has 3 saturated heterocycles. The molecule has 140 valence electrons. The van der Waals surface area contributed by atoms with E-state index in [-0.39, 0.29) is 5.60 Å². The Bertz CT molecular complexity index is 418. The van der Waals surface area contributed by atoms with E-state index in [1.807, 2.05) is 0 Å². The molecule has 0 amide bonds. The van der Waals surface area contributed by atoms with E-state index in [1.54, 1.807) is 0 Å². The average Bonchev–Trinajstić information content (AvgIpc) is 3.05. The number of piperazine rings is 1. The lowest BCUT2D eigenvalue weighted by Crippen LogP contribution is -2.55. The van der Waals surface area contributed by atoms with Crippen LogP contribution in [0, 0.1) is 5.92 Å². The third-order valence-corrected chi connectivity index (χ3v) is 6.06. The third-order valence-electron chi connectivity index (χ3n) is 6.06. The van der Waals surface area contributed by atoms with E-state index < -0.39 is 0 Å². The highest BCUT2D eigenvalue weighted by Crippen LogP contribution is 2.35. The van der Waals surface area contributed by atoms with E-state index in [0.717, 1.165) is 24.6 Å². The van der Waals surface area contributed by atoms with Gasteiger partial charge < -0.3 is 4.74 Å². The molecule has 3 heterocycles. The van der Waals surface area contributed by atoms with Gasteiger partial charge in [0, 0.05) is 30.7 Å². The third kappa shape index (κ3) is 4.51. The fourth-order valence-corrected chi connectivity index (χ4v) is 4.66. The van der Waals surface area contributed by atoms with E-state index in [0.29, 0.717) is 5.54 Å². The van der Waals surface area contributed by atoms with Gasteiger partial charge in [0.2, 0.25) is 0 Å². The molecular weight excluding hydrogens is 298 g/mol. The van der Waals surface area contributed by atoms with Crippen LogP contribution in [0.15, 0.2) is 0 Å². The van der Waals surface area contributed by atoms with Gasteiger partial charge >= 0.3 is 0 Å². The van der Waals surface area contributed by atoms with Crippen LogP contribution in [-0.4, -0.2) is 77.4 Å². The van der Waals surface area contributed by atoms with Crippen molar-refractivity contribution < 1.29 is 4.74 Å². The maximum absolute atomic E-state index is 5.99. The summed E-state index contributed by atoms with van der Waals surface area (Å²) in [7, 11) is 0. The van der Waals surface area contributed by atoms with Gasteiger partial charge in [-0.2, -0.15) is 0 Å². The smallest absolute Gasteiger partial charge is 0.0598 e. The normalized spacial score (nSPS) is 31.2. The van der Waals surface area contributed by atoms with Gasteiger partial charge in [0.05, 0.1) is 18.9 Å². The van der Waals surface area contributed by atoms with Crippen molar-refractivity contribution in [3.63, 3.8) is 0 Å². The standard InChI is InChI=1S/C20H39N3O/c1-19(2,3)23-13-17-11-18(23)12-22(17)15-21-9-7-16(8-10-21)14-24-20(4,5)6/h16-18H,7-15H2,1-6H3/t17-,18-/m1/s1. The van der Waals surface area contributed by atoms with Crippen LogP contribution in [0.2, 0.25) is 0 Å². The number of fused-ring (bicyclic) bond motifs is 2. The summed E-state index contributed by atoms with van der Waals surface area (Å²) in [5.74, 6) is 0.756. The Morgan fingerprint density at radius 1 is 0.917 bits per heavy atom. The molecule has 2 bridgehead atoms. The number of hydrogen-bond donors (Lipinski definition) is 0. The van der Waals surface area contributed by atoms with Crippen molar-refractivity contribution >= 4 is 0 Å². The van der Waals surface area contributed by atoms with Crippen LogP contribution in [0.1, 0.15) is 60.8 Å². The fraction of sp³-hybridized carbons (Fsp3) is 1.00. The van der Waals surface area contributed by atoms with Crippen molar-refractivity contribution in [3.05, 3.63) is 0 Å². The second-order valence-electron chi connectivity index (χ2n) is 10.3. The van der Waals surface area contributed by atoms with E-state index in [2.05, 4.69) is 56.2 Å². The first-order valence-corrected chi connectivity index (χ1v) is 9.99. The highest BCUT2D eigenvalue weighted by atomic mass is 16.5. The molecule has 0 spiro atoms. The van der Waals surface area contributed by atoms with Gasteiger partial charge in [0.25, 0.3) is 0 Å². The highest BCUT2D eigenvalue weighted by molar-refractivity contribution is 5.03. The molecule has 0 unspecified atom stereocenters. The molecule has 0 aliphatic carbocycles. The second-order valence-corrected chi connectivity index (χ2v) is 10.3. The quantitative estimate of drug-likeness (QED) is 0.785. The maximum atomic E-state index is 5.99. The van der Waals surface area contributed by atoms with E-state index in [4.69, 9.17) is 4.74 Å². The minimum absolute atomic E-state index is 0.00481. The van der Waals surface area contributed by atoms with Crippen LogP contribution in [-0.2, 0) is 4.74 Å². The van der Waals surface area contributed by atoms with Crippen LogP contribution in [0.25, 0.3) is 0 Å². The molecule has 0 aromatic carbocycles. The molecule has 3 fully saturated rings. The van der Waals surface area contributed by atoms with Crippen LogP contribution in [0.3, 0.4) is 0 Å². The predicted molar refractivity (Wildman–Crippen MR) is 100 cm³/mol. The number of rotatable bonds is 4. The predicted octanol–water partition coefficient (Wildman–Crippen LogP) is 3.03. The van der Waals surface area contributed by atoms with Gasteiger partial charge in [-0.25, -0.2) is 0 Å². The van der Waals surface area contributed by atoms with Gasteiger partial charge in [0.1, 0.15) is 0 Å². The van der Waals surface area contributed by atoms with Crippen molar-refractivity contribution in [2.75, 3.05) is 39.5 Å². The summed E-state index contributed by atoms with van der Waals surface area (Å²) >= 11 is 0. The van der Waals surface area contributed by atoms with Crippen molar-refractivity contribution in [2.24, 2.45) is 5.92 Å². The molecule has 24 heavy (non-hydrogen) atoms. The first-order valence-electron chi connectivity index (χ1n) is 9.99. The van der Waals surface area contributed by atoms with Gasteiger partial charge in [-0.05, 0) is 79.8 Å². The molecular formula is C20H39N3O. The molecule has 3 rings (SSSR count).